The van der Waals surface area contributed by atoms with Crippen LogP contribution in [0.15, 0.2) is 0 Å². The van der Waals surface area contributed by atoms with Crippen LogP contribution in [0.4, 0.5) is 22.0 Å². The maximum Gasteiger partial charge on any atom is 0.422 e. The van der Waals surface area contributed by atoms with Gasteiger partial charge in [-0.3, -0.25) is 0 Å². The number of halogens is 5. The van der Waals surface area contributed by atoms with Crippen molar-refractivity contribution < 1.29 is 22.0 Å². The van der Waals surface area contributed by atoms with Crippen molar-refractivity contribution >= 4 is 0 Å². The van der Waals surface area contributed by atoms with Crippen molar-refractivity contribution in [2.75, 3.05) is 0 Å². The monoisotopic (exact) mass is 162 g/mol. The molecule has 0 aromatic rings. The molecule has 0 aliphatic carbocycles. The Kier molecular flexibility index (Phi) is 2.28. The summed E-state index contributed by atoms with van der Waals surface area (Å²) in [5, 5.41) is 0. The molecule has 0 aromatic heterocycles. The van der Waals surface area contributed by atoms with Crippen LogP contribution in [0.5, 0.6) is 0 Å². The number of hydrogen-bond donors (Lipinski definition) is 0. The number of alkyl halides is 5. The van der Waals surface area contributed by atoms with Gasteiger partial charge in [-0.1, -0.05) is 0 Å². The van der Waals surface area contributed by atoms with Crippen LogP contribution in [0.3, 0.4) is 0 Å². The summed E-state index contributed by atoms with van der Waals surface area (Å²) in [6.45, 7) is 1.09. The number of rotatable bonds is 1. The van der Waals surface area contributed by atoms with E-state index in [1.54, 1.807) is 0 Å². The van der Waals surface area contributed by atoms with Gasteiger partial charge in [-0.2, -0.15) is 13.2 Å². The summed E-state index contributed by atoms with van der Waals surface area (Å²) in [7, 11) is 0. The predicted molar refractivity (Wildman–Crippen MR) is 26.1 cm³/mol. The van der Waals surface area contributed by atoms with Crippen LogP contribution in [0.25, 0.3) is 0 Å². The molecule has 0 fully saturated rings. The lowest BCUT2D eigenvalue weighted by molar-refractivity contribution is -0.210. The fourth-order valence-corrected chi connectivity index (χ4v) is 0.389. The van der Waals surface area contributed by atoms with Gasteiger partial charge in [0, 0.05) is 0 Å². The maximum absolute atomic E-state index is 12.2. The third-order valence-corrected chi connectivity index (χ3v) is 0.890. The predicted octanol–water partition coefficient (Wildman–Crippen LogP) is 2.63. The molecule has 0 saturated heterocycles. The third kappa shape index (κ3) is 2.49. The Morgan fingerprint density at radius 2 is 1.30 bits per heavy atom. The fraction of sp³-hybridized carbons (Fsp3) is 1.00. The van der Waals surface area contributed by atoms with Crippen molar-refractivity contribution in [2.45, 2.75) is 31.9 Å². The van der Waals surface area contributed by atoms with Crippen LogP contribution >= 0.6 is 0 Å². The van der Waals surface area contributed by atoms with Crippen molar-refractivity contribution in [3.63, 3.8) is 0 Å². The minimum atomic E-state index is -5.10. The standard InChI is InChI=1S/C5H7F5/c1-4(2,7)3(6)5(8,9)10/h3H,1-2H3. The van der Waals surface area contributed by atoms with Gasteiger partial charge in [-0.25, -0.2) is 8.78 Å². The molecule has 0 heterocycles. The lowest BCUT2D eigenvalue weighted by atomic mass is 10.1. The highest BCUT2D eigenvalue weighted by molar-refractivity contribution is 4.83. The van der Waals surface area contributed by atoms with E-state index in [0.29, 0.717) is 13.8 Å². The van der Waals surface area contributed by atoms with Crippen LogP contribution in [0.1, 0.15) is 13.8 Å². The quantitative estimate of drug-likeness (QED) is 0.520. The van der Waals surface area contributed by atoms with Crippen LogP contribution in [0.2, 0.25) is 0 Å². The highest BCUT2D eigenvalue weighted by atomic mass is 19.4. The Balaban J connectivity index is 4.23. The molecule has 0 saturated carbocycles. The zero-order chi connectivity index (χ0) is 8.58. The largest absolute Gasteiger partial charge is 0.422 e. The van der Waals surface area contributed by atoms with Gasteiger partial charge >= 0.3 is 6.18 Å². The van der Waals surface area contributed by atoms with Gasteiger partial charge in [-0.05, 0) is 13.8 Å². The minimum absolute atomic E-state index is 0.547. The van der Waals surface area contributed by atoms with E-state index in [4.69, 9.17) is 0 Å². The van der Waals surface area contributed by atoms with Gasteiger partial charge in [0.1, 0.15) is 5.67 Å². The molecule has 0 nitrogen and oxygen atoms in total. The smallest absolute Gasteiger partial charge is 0.241 e. The molecule has 0 radical (unpaired) electrons. The van der Waals surface area contributed by atoms with Crippen molar-refractivity contribution in [1.29, 1.82) is 0 Å². The van der Waals surface area contributed by atoms with E-state index in [2.05, 4.69) is 0 Å². The second-order valence-electron chi connectivity index (χ2n) is 2.47. The summed E-state index contributed by atoms with van der Waals surface area (Å²) in [5.41, 5.74) is -2.85. The van der Waals surface area contributed by atoms with E-state index < -0.39 is 18.0 Å². The van der Waals surface area contributed by atoms with E-state index in [-0.39, 0.29) is 0 Å². The first kappa shape index (κ1) is 9.65. The Bertz CT molecular complexity index is 94.2. The molecule has 1 unspecified atom stereocenters. The lowest BCUT2D eigenvalue weighted by Crippen LogP contribution is -2.40. The summed E-state index contributed by atoms with van der Waals surface area (Å²) in [4.78, 5) is 0. The second-order valence-corrected chi connectivity index (χ2v) is 2.47. The van der Waals surface area contributed by atoms with Crippen molar-refractivity contribution in [1.82, 2.24) is 0 Å². The van der Waals surface area contributed by atoms with Gasteiger partial charge in [0.05, 0.1) is 0 Å². The van der Waals surface area contributed by atoms with Gasteiger partial charge in [0.2, 0.25) is 6.17 Å². The summed E-state index contributed by atoms with van der Waals surface area (Å²) in [6, 6.07) is 0. The summed E-state index contributed by atoms with van der Waals surface area (Å²) >= 11 is 0. The highest BCUT2D eigenvalue weighted by Gasteiger charge is 2.50. The van der Waals surface area contributed by atoms with Crippen LogP contribution in [-0.4, -0.2) is 18.0 Å². The summed E-state index contributed by atoms with van der Waals surface area (Å²) in [5.74, 6) is 0. The second kappa shape index (κ2) is 2.36. The van der Waals surface area contributed by atoms with Crippen molar-refractivity contribution in [3.05, 3.63) is 0 Å². The van der Waals surface area contributed by atoms with Crippen LogP contribution < -0.4 is 0 Å². The topological polar surface area (TPSA) is 0 Å². The molecule has 0 amide bonds. The van der Waals surface area contributed by atoms with E-state index in [0.717, 1.165) is 0 Å². The number of hydrogen-bond acceptors (Lipinski definition) is 0. The molecular weight excluding hydrogens is 155 g/mol. The molecule has 1 atom stereocenters. The van der Waals surface area contributed by atoms with E-state index in [9.17, 15) is 22.0 Å². The average molecular weight is 162 g/mol. The molecule has 0 N–H and O–H groups in total. The van der Waals surface area contributed by atoms with E-state index >= 15 is 0 Å². The third-order valence-electron chi connectivity index (χ3n) is 0.890. The van der Waals surface area contributed by atoms with Crippen LogP contribution in [-0.2, 0) is 0 Å². The van der Waals surface area contributed by atoms with Crippen LogP contribution in [0, 0.1) is 0 Å². The van der Waals surface area contributed by atoms with Gasteiger partial charge in [-0.15, -0.1) is 0 Å². The molecule has 0 bridgehead atoms. The molecule has 0 rings (SSSR count). The first-order valence-electron chi connectivity index (χ1n) is 2.55. The average Bonchev–Trinajstić information content (AvgIpc) is 1.59. The molecular formula is C5H7F5. The Hall–Kier alpha value is -0.350. The Morgan fingerprint density at radius 3 is 1.30 bits per heavy atom. The molecule has 5 heteroatoms. The van der Waals surface area contributed by atoms with E-state index in [1.807, 2.05) is 0 Å². The zero-order valence-electron chi connectivity index (χ0n) is 5.47. The molecule has 10 heavy (non-hydrogen) atoms. The molecule has 0 aliphatic heterocycles. The molecule has 0 aliphatic rings. The maximum atomic E-state index is 12.2. The van der Waals surface area contributed by atoms with Gasteiger partial charge < -0.3 is 0 Å². The first-order chi connectivity index (χ1) is 4.15. The van der Waals surface area contributed by atoms with E-state index in [1.165, 1.54) is 0 Å². The molecule has 62 valence electrons. The normalized spacial score (nSPS) is 17.1. The SMILES string of the molecule is CC(C)(F)C(F)C(F)(F)F. The lowest BCUT2D eigenvalue weighted by Gasteiger charge is -2.21. The zero-order valence-corrected chi connectivity index (χ0v) is 5.47. The summed E-state index contributed by atoms with van der Waals surface area (Å²) in [6.07, 6.45) is -8.50. The van der Waals surface area contributed by atoms with Crippen molar-refractivity contribution in [3.8, 4) is 0 Å². The van der Waals surface area contributed by atoms with Gasteiger partial charge in [0.15, 0.2) is 0 Å². The first-order valence-corrected chi connectivity index (χ1v) is 2.55. The highest BCUT2D eigenvalue weighted by Crippen LogP contribution is 2.32. The Labute approximate surface area is 55.0 Å². The Morgan fingerprint density at radius 1 is 1.00 bits per heavy atom. The van der Waals surface area contributed by atoms with Crippen molar-refractivity contribution in [2.24, 2.45) is 0 Å². The summed E-state index contributed by atoms with van der Waals surface area (Å²) < 4.78 is 58.1. The minimum Gasteiger partial charge on any atom is -0.241 e. The molecule has 0 spiro atoms. The fourth-order valence-electron chi connectivity index (χ4n) is 0.389. The molecule has 0 aromatic carbocycles. The van der Waals surface area contributed by atoms with Gasteiger partial charge in [0.25, 0.3) is 0 Å².